The number of anilines is 2. The van der Waals surface area contributed by atoms with E-state index < -0.39 is 0 Å². The molecular formula is C18H19BrClN7O. The van der Waals surface area contributed by atoms with Gasteiger partial charge in [0, 0.05) is 28.7 Å². The second-order valence-corrected chi connectivity index (χ2v) is 8.41. The minimum Gasteiger partial charge on any atom is -0.341 e. The number of amides is 1. The molecule has 2 aromatic heterocycles. The van der Waals surface area contributed by atoms with Gasteiger partial charge in [0.15, 0.2) is 5.65 Å². The van der Waals surface area contributed by atoms with E-state index >= 15 is 0 Å². The van der Waals surface area contributed by atoms with Crippen molar-refractivity contribution < 1.29 is 4.79 Å². The van der Waals surface area contributed by atoms with E-state index in [9.17, 15) is 4.79 Å². The average Bonchev–Trinajstić information content (AvgIpc) is 3.08. The summed E-state index contributed by atoms with van der Waals surface area (Å²) in [5.41, 5.74) is 7.88. The number of nitrogens with two attached hydrogens (primary N) is 1. The smallest absolute Gasteiger partial charge is 0.229 e. The molecule has 0 bridgehead atoms. The maximum Gasteiger partial charge on any atom is 0.229 e. The Kier molecular flexibility index (Phi) is 4.98. The lowest BCUT2D eigenvalue weighted by atomic mass is 9.91. The van der Waals surface area contributed by atoms with Gasteiger partial charge in [-0.3, -0.25) is 9.89 Å². The number of aromatic amines is 1. The number of nitrogens with zero attached hydrogens (tertiary/aromatic N) is 4. The molecule has 1 aliphatic rings. The quantitative estimate of drug-likeness (QED) is 0.511. The van der Waals surface area contributed by atoms with Crippen LogP contribution in [-0.2, 0) is 4.79 Å². The van der Waals surface area contributed by atoms with Crippen LogP contribution in [0.4, 0.5) is 11.8 Å². The van der Waals surface area contributed by atoms with Crippen molar-refractivity contribution in [3.8, 4) is 11.3 Å². The van der Waals surface area contributed by atoms with Crippen LogP contribution in [0.5, 0.6) is 0 Å². The fourth-order valence-electron chi connectivity index (χ4n) is 3.32. The molecule has 1 saturated heterocycles. The molecule has 0 aliphatic carbocycles. The third-order valence-corrected chi connectivity index (χ3v) is 6.30. The molecule has 4 N–H and O–H groups in total. The van der Waals surface area contributed by atoms with E-state index in [1.807, 2.05) is 18.2 Å². The SMILES string of the molecule is CC1(N)CCN(c2nc(NC=O)c3c(-c4cccc(Br)c4Cl)[nH]nc3n2)CC1. The summed E-state index contributed by atoms with van der Waals surface area (Å²) in [4.78, 5) is 22.5. The molecule has 3 aromatic rings. The molecule has 146 valence electrons. The minimum atomic E-state index is -0.179. The first kappa shape index (κ1) is 19.1. The first-order valence-electron chi connectivity index (χ1n) is 8.84. The second kappa shape index (κ2) is 7.31. The van der Waals surface area contributed by atoms with E-state index in [4.69, 9.17) is 17.3 Å². The molecule has 28 heavy (non-hydrogen) atoms. The highest BCUT2D eigenvalue weighted by molar-refractivity contribution is 9.10. The van der Waals surface area contributed by atoms with Crippen LogP contribution in [0.15, 0.2) is 22.7 Å². The number of benzene rings is 1. The van der Waals surface area contributed by atoms with E-state index in [-0.39, 0.29) is 5.54 Å². The van der Waals surface area contributed by atoms with Gasteiger partial charge in [-0.2, -0.15) is 15.1 Å². The Balaban J connectivity index is 1.81. The Labute approximate surface area is 175 Å². The van der Waals surface area contributed by atoms with Crippen LogP contribution >= 0.6 is 27.5 Å². The van der Waals surface area contributed by atoms with Crippen LogP contribution in [0.2, 0.25) is 5.02 Å². The number of hydrogen-bond donors (Lipinski definition) is 3. The zero-order chi connectivity index (χ0) is 19.9. The first-order valence-corrected chi connectivity index (χ1v) is 10.0. The highest BCUT2D eigenvalue weighted by Crippen LogP contribution is 2.38. The topological polar surface area (TPSA) is 113 Å². The van der Waals surface area contributed by atoms with Gasteiger partial charge in [0.1, 0.15) is 5.82 Å². The van der Waals surface area contributed by atoms with Crippen LogP contribution < -0.4 is 16.0 Å². The lowest BCUT2D eigenvalue weighted by Crippen LogP contribution is -2.48. The fraction of sp³-hybridized carbons (Fsp3) is 0.333. The van der Waals surface area contributed by atoms with Gasteiger partial charge in [0.05, 0.1) is 16.1 Å². The minimum absolute atomic E-state index is 0.179. The number of rotatable bonds is 4. The molecule has 3 heterocycles. The lowest BCUT2D eigenvalue weighted by Gasteiger charge is -2.36. The normalized spacial score (nSPS) is 16.4. The van der Waals surface area contributed by atoms with Crippen molar-refractivity contribution in [1.82, 2.24) is 20.2 Å². The van der Waals surface area contributed by atoms with Crippen molar-refractivity contribution >= 4 is 56.7 Å². The molecule has 0 spiro atoms. The predicted octanol–water partition coefficient (Wildman–Crippen LogP) is 3.32. The standard InChI is InChI=1S/C18H19BrClN7O/c1-18(21)5-7-27(8-6-18)17-23-15(22-9-28)12-14(25-26-16(12)24-17)10-3-2-4-11(19)13(10)20/h2-4,9H,5-8,21H2,1H3,(H2,22,23,24,25,26,28). The van der Waals surface area contributed by atoms with Gasteiger partial charge in [-0.15, -0.1) is 0 Å². The van der Waals surface area contributed by atoms with Crippen molar-refractivity contribution in [3.63, 3.8) is 0 Å². The number of piperidine rings is 1. The Morgan fingerprint density at radius 1 is 1.36 bits per heavy atom. The number of H-pyrrole nitrogens is 1. The summed E-state index contributed by atoms with van der Waals surface area (Å²) in [6, 6.07) is 5.59. The number of hydrogen-bond acceptors (Lipinski definition) is 6. The highest BCUT2D eigenvalue weighted by Gasteiger charge is 2.28. The second-order valence-electron chi connectivity index (χ2n) is 7.17. The molecule has 8 nitrogen and oxygen atoms in total. The molecular weight excluding hydrogens is 446 g/mol. The van der Waals surface area contributed by atoms with E-state index in [0.717, 1.165) is 36.0 Å². The van der Waals surface area contributed by atoms with Gasteiger partial charge in [-0.1, -0.05) is 23.7 Å². The van der Waals surface area contributed by atoms with Crippen LogP contribution in [-0.4, -0.2) is 45.2 Å². The summed E-state index contributed by atoms with van der Waals surface area (Å²) < 4.78 is 0.759. The van der Waals surface area contributed by atoms with Gasteiger partial charge >= 0.3 is 0 Å². The molecule has 0 unspecified atom stereocenters. The van der Waals surface area contributed by atoms with E-state index in [1.54, 1.807) is 0 Å². The zero-order valence-corrected chi connectivity index (χ0v) is 17.5. The van der Waals surface area contributed by atoms with Gasteiger partial charge in [0.2, 0.25) is 12.4 Å². The fourth-order valence-corrected chi connectivity index (χ4v) is 3.91. The number of carbonyl (C=O) groups excluding carboxylic acids is 1. The maximum absolute atomic E-state index is 11.2. The molecule has 1 aliphatic heterocycles. The highest BCUT2D eigenvalue weighted by atomic mass is 79.9. The Bertz CT molecular complexity index is 1040. The molecule has 1 fully saturated rings. The summed E-state index contributed by atoms with van der Waals surface area (Å²) in [5.74, 6) is 0.904. The molecule has 0 radical (unpaired) electrons. The third-order valence-electron chi connectivity index (χ3n) is 5.01. The Morgan fingerprint density at radius 3 is 2.82 bits per heavy atom. The van der Waals surface area contributed by atoms with Gasteiger partial charge < -0.3 is 16.0 Å². The summed E-state index contributed by atoms with van der Waals surface area (Å²) in [6.07, 6.45) is 2.27. The summed E-state index contributed by atoms with van der Waals surface area (Å²) in [7, 11) is 0. The monoisotopic (exact) mass is 463 g/mol. The van der Waals surface area contributed by atoms with Crippen LogP contribution in [0.3, 0.4) is 0 Å². The molecule has 1 amide bonds. The van der Waals surface area contributed by atoms with Crippen LogP contribution in [0.25, 0.3) is 22.3 Å². The number of fused-ring (bicyclic) bond motifs is 1. The number of nitrogens with one attached hydrogen (secondary N) is 2. The van der Waals surface area contributed by atoms with Crippen molar-refractivity contribution in [3.05, 3.63) is 27.7 Å². The Hall–Kier alpha value is -2.23. The number of halogens is 2. The Morgan fingerprint density at radius 2 is 2.11 bits per heavy atom. The molecule has 1 aromatic carbocycles. The van der Waals surface area contributed by atoms with E-state index in [1.165, 1.54) is 0 Å². The summed E-state index contributed by atoms with van der Waals surface area (Å²) in [5, 5.41) is 11.1. The van der Waals surface area contributed by atoms with Crippen molar-refractivity contribution in [1.29, 1.82) is 0 Å². The van der Waals surface area contributed by atoms with Crippen LogP contribution in [0, 0.1) is 0 Å². The summed E-state index contributed by atoms with van der Waals surface area (Å²) in [6.45, 7) is 3.54. The van der Waals surface area contributed by atoms with Gasteiger partial charge in [-0.05, 0) is 41.8 Å². The maximum atomic E-state index is 11.2. The number of carbonyl (C=O) groups is 1. The molecule has 4 rings (SSSR count). The average molecular weight is 465 g/mol. The van der Waals surface area contributed by atoms with Gasteiger partial charge in [0.25, 0.3) is 0 Å². The lowest BCUT2D eigenvalue weighted by molar-refractivity contribution is -0.105. The molecule has 0 saturated carbocycles. The summed E-state index contributed by atoms with van der Waals surface area (Å²) >= 11 is 9.88. The van der Waals surface area contributed by atoms with Crippen molar-refractivity contribution in [2.24, 2.45) is 5.73 Å². The van der Waals surface area contributed by atoms with E-state index in [0.29, 0.717) is 39.9 Å². The largest absolute Gasteiger partial charge is 0.341 e. The van der Waals surface area contributed by atoms with Crippen molar-refractivity contribution in [2.75, 3.05) is 23.3 Å². The van der Waals surface area contributed by atoms with Crippen molar-refractivity contribution in [2.45, 2.75) is 25.3 Å². The third kappa shape index (κ3) is 3.45. The zero-order valence-electron chi connectivity index (χ0n) is 15.2. The first-order chi connectivity index (χ1) is 13.4. The molecule has 10 heteroatoms. The number of aromatic nitrogens is 4. The van der Waals surface area contributed by atoms with Crippen LogP contribution in [0.1, 0.15) is 19.8 Å². The van der Waals surface area contributed by atoms with Gasteiger partial charge in [-0.25, -0.2) is 0 Å². The predicted molar refractivity (Wildman–Crippen MR) is 114 cm³/mol. The molecule has 0 atom stereocenters. The van der Waals surface area contributed by atoms with E-state index in [2.05, 4.69) is 53.2 Å².